The molecule has 1 amide bonds. The SMILES string of the molecule is CC1CCC(C)N1C(C)C(N)=O. The molecule has 0 aliphatic carbocycles. The van der Waals surface area contributed by atoms with Gasteiger partial charge in [-0.2, -0.15) is 0 Å². The molecule has 1 aliphatic rings. The summed E-state index contributed by atoms with van der Waals surface area (Å²) in [5.41, 5.74) is 5.26. The second-order valence-corrected chi connectivity index (χ2v) is 3.80. The van der Waals surface area contributed by atoms with Gasteiger partial charge in [-0.05, 0) is 33.6 Å². The predicted molar refractivity (Wildman–Crippen MR) is 48.7 cm³/mol. The quantitative estimate of drug-likeness (QED) is 0.664. The molecule has 3 heteroatoms. The highest BCUT2D eigenvalue weighted by Gasteiger charge is 2.33. The summed E-state index contributed by atoms with van der Waals surface area (Å²) in [5, 5.41) is 0. The van der Waals surface area contributed by atoms with Gasteiger partial charge in [0.1, 0.15) is 0 Å². The number of nitrogens with two attached hydrogens (primary N) is 1. The van der Waals surface area contributed by atoms with E-state index in [0.717, 1.165) is 0 Å². The maximum absolute atomic E-state index is 11.0. The number of primary amides is 1. The number of amides is 1. The van der Waals surface area contributed by atoms with Crippen molar-refractivity contribution in [3.63, 3.8) is 0 Å². The highest BCUT2D eigenvalue weighted by Crippen LogP contribution is 2.25. The second-order valence-electron chi connectivity index (χ2n) is 3.80. The Morgan fingerprint density at radius 3 is 2.17 bits per heavy atom. The standard InChI is InChI=1S/C9H18N2O/c1-6-4-5-7(2)11(6)8(3)9(10)12/h6-8H,4-5H2,1-3H3,(H2,10,12). The Morgan fingerprint density at radius 1 is 1.42 bits per heavy atom. The van der Waals surface area contributed by atoms with Crippen molar-refractivity contribution in [2.45, 2.75) is 51.7 Å². The van der Waals surface area contributed by atoms with E-state index in [4.69, 9.17) is 5.73 Å². The van der Waals surface area contributed by atoms with Gasteiger partial charge < -0.3 is 5.73 Å². The molecule has 0 bridgehead atoms. The van der Waals surface area contributed by atoms with Gasteiger partial charge in [0, 0.05) is 12.1 Å². The first-order valence-corrected chi connectivity index (χ1v) is 4.60. The fourth-order valence-electron chi connectivity index (χ4n) is 2.13. The average molecular weight is 170 g/mol. The van der Waals surface area contributed by atoms with Crippen molar-refractivity contribution < 1.29 is 4.79 Å². The van der Waals surface area contributed by atoms with Crippen LogP contribution in [0.4, 0.5) is 0 Å². The maximum atomic E-state index is 11.0. The first-order chi connectivity index (χ1) is 5.54. The van der Waals surface area contributed by atoms with Crippen LogP contribution in [0.1, 0.15) is 33.6 Å². The van der Waals surface area contributed by atoms with Crippen molar-refractivity contribution in [2.75, 3.05) is 0 Å². The minimum absolute atomic E-state index is 0.113. The van der Waals surface area contributed by atoms with Crippen LogP contribution in [0.2, 0.25) is 0 Å². The van der Waals surface area contributed by atoms with Gasteiger partial charge >= 0.3 is 0 Å². The third kappa shape index (κ3) is 1.61. The molecule has 1 saturated heterocycles. The summed E-state index contributed by atoms with van der Waals surface area (Å²) in [4.78, 5) is 13.2. The summed E-state index contributed by atoms with van der Waals surface area (Å²) in [5.74, 6) is -0.212. The molecule has 1 aliphatic heterocycles. The molecule has 1 heterocycles. The van der Waals surface area contributed by atoms with Crippen LogP contribution in [0.3, 0.4) is 0 Å². The van der Waals surface area contributed by atoms with Crippen LogP contribution < -0.4 is 5.73 Å². The van der Waals surface area contributed by atoms with E-state index in [1.165, 1.54) is 12.8 Å². The highest BCUT2D eigenvalue weighted by molar-refractivity contribution is 5.79. The highest BCUT2D eigenvalue weighted by atomic mass is 16.1. The third-order valence-corrected chi connectivity index (χ3v) is 2.88. The molecule has 2 N–H and O–H groups in total. The minimum atomic E-state index is -0.212. The number of carbonyl (C=O) groups is 1. The van der Waals surface area contributed by atoms with E-state index in [1.54, 1.807) is 0 Å². The van der Waals surface area contributed by atoms with E-state index in [9.17, 15) is 4.79 Å². The van der Waals surface area contributed by atoms with Crippen LogP contribution in [0, 0.1) is 0 Å². The molecule has 0 aromatic rings. The zero-order chi connectivity index (χ0) is 9.30. The molecule has 0 saturated carbocycles. The number of carbonyl (C=O) groups excluding carboxylic acids is 1. The first kappa shape index (κ1) is 9.52. The molecule has 3 unspecified atom stereocenters. The lowest BCUT2D eigenvalue weighted by molar-refractivity contribution is -0.123. The van der Waals surface area contributed by atoms with Crippen molar-refractivity contribution in [2.24, 2.45) is 5.73 Å². The topological polar surface area (TPSA) is 46.3 Å². The molecule has 0 aromatic heterocycles. The molecule has 1 fully saturated rings. The van der Waals surface area contributed by atoms with Gasteiger partial charge in [0.05, 0.1) is 6.04 Å². The molecule has 1 rings (SSSR count). The number of hydrogen-bond donors (Lipinski definition) is 1. The van der Waals surface area contributed by atoms with Crippen molar-refractivity contribution in [1.82, 2.24) is 4.90 Å². The molecule has 0 radical (unpaired) electrons. The van der Waals surface area contributed by atoms with E-state index in [2.05, 4.69) is 18.7 Å². The summed E-state index contributed by atoms with van der Waals surface area (Å²) < 4.78 is 0. The molecule has 70 valence electrons. The van der Waals surface area contributed by atoms with Crippen molar-refractivity contribution >= 4 is 5.91 Å². The largest absolute Gasteiger partial charge is 0.368 e. The van der Waals surface area contributed by atoms with Gasteiger partial charge in [0.2, 0.25) is 5.91 Å². The second kappa shape index (κ2) is 3.44. The third-order valence-electron chi connectivity index (χ3n) is 2.88. The Labute approximate surface area is 73.9 Å². The van der Waals surface area contributed by atoms with Crippen molar-refractivity contribution in [1.29, 1.82) is 0 Å². The van der Waals surface area contributed by atoms with E-state index in [-0.39, 0.29) is 11.9 Å². The van der Waals surface area contributed by atoms with Crippen LogP contribution in [-0.2, 0) is 4.79 Å². The number of likely N-dealkylation sites (tertiary alicyclic amines) is 1. The summed E-state index contributed by atoms with van der Waals surface area (Å²) in [6, 6.07) is 0.891. The molecule has 3 atom stereocenters. The fraction of sp³-hybridized carbons (Fsp3) is 0.889. The zero-order valence-electron chi connectivity index (χ0n) is 8.08. The Balaban J connectivity index is 2.65. The number of hydrogen-bond acceptors (Lipinski definition) is 2. The van der Waals surface area contributed by atoms with E-state index >= 15 is 0 Å². The van der Waals surface area contributed by atoms with Gasteiger partial charge in [-0.15, -0.1) is 0 Å². The van der Waals surface area contributed by atoms with Crippen molar-refractivity contribution in [3.8, 4) is 0 Å². The normalized spacial score (nSPS) is 33.6. The Morgan fingerprint density at radius 2 is 1.83 bits per heavy atom. The number of nitrogens with zero attached hydrogens (tertiary/aromatic N) is 1. The Kier molecular flexibility index (Phi) is 2.73. The molecule has 0 spiro atoms. The smallest absolute Gasteiger partial charge is 0.234 e. The monoisotopic (exact) mass is 170 g/mol. The molecular formula is C9H18N2O. The number of rotatable bonds is 2. The van der Waals surface area contributed by atoms with Crippen LogP contribution in [-0.4, -0.2) is 28.9 Å². The van der Waals surface area contributed by atoms with Crippen LogP contribution >= 0.6 is 0 Å². The molecule has 3 nitrogen and oxygen atoms in total. The fourth-order valence-corrected chi connectivity index (χ4v) is 2.13. The van der Waals surface area contributed by atoms with Gasteiger partial charge in [-0.25, -0.2) is 0 Å². The van der Waals surface area contributed by atoms with Gasteiger partial charge in [-0.3, -0.25) is 9.69 Å². The Hall–Kier alpha value is -0.570. The first-order valence-electron chi connectivity index (χ1n) is 4.60. The van der Waals surface area contributed by atoms with Gasteiger partial charge in [0.15, 0.2) is 0 Å². The Bertz CT molecular complexity index is 171. The maximum Gasteiger partial charge on any atom is 0.234 e. The van der Waals surface area contributed by atoms with Gasteiger partial charge in [0.25, 0.3) is 0 Å². The minimum Gasteiger partial charge on any atom is -0.368 e. The van der Waals surface area contributed by atoms with Crippen LogP contribution in [0.15, 0.2) is 0 Å². The van der Waals surface area contributed by atoms with Crippen LogP contribution in [0.25, 0.3) is 0 Å². The van der Waals surface area contributed by atoms with Gasteiger partial charge in [-0.1, -0.05) is 0 Å². The summed E-state index contributed by atoms with van der Waals surface area (Å²) in [7, 11) is 0. The van der Waals surface area contributed by atoms with Crippen LogP contribution in [0.5, 0.6) is 0 Å². The summed E-state index contributed by atoms with van der Waals surface area (Å²) in [6.45, 7) is 6.20. The van der Waals surface area contributed by atoms with E-state index in [0.29, 0.717) is 12.1 Å². The lowest BCUT2D eigenvalue weighted by Gasteiger charge is -2.30. The summed E-state index contributed by atoms with van der Waals surface area (Å²) >= 11 is 0. The summed E-state index contributed by atoms with van der Waals surface area (Å²) in [6.07, 6.45) is 2.36. The predicted octanol–water partition coefficient (Wildman–Crippen LogP) is 0.733. The van der Waals surface area contributed by atoms with E-state index < -0.39 is 0 Å². The lowest BCUT2D eigenvalue weighted by Crippen LogP contribution is -2.47. The molecular weight excluding hydrogens is 152 g/mol. The molecule has 12 heavy (non-hydrogen) atoms. The van der Waals surface area contributed by atoms with E-state index in [1.807, 2.05) is 6.92 Å². The lowest BCUT2D eigenvalue weighted by atomic mass is 10.2. The zero-order valence-corrected chi connectivity index (χ0v) is 8.08. The van der Waals surface area contributed by atoms with Crippen molar-refractivity contribution in [3.05, 3.63) is 0 Å². The average Bonchev–Trinajstić information content (AvgIpc) is 2.30. The molecule has 0 aromatic carbocycles.